The lowest BCUT2D eigenvalue weighted by atomic mass is 10.0. The standard InChI is InChI=1S/C25H24N4O2/c1-17-12-14-19(15-13-17)26-25(31)23(18-8-4-3-5-9-18)29(2)16-22-27-21-11-7-6-10-20(21)24(30)28-22/h3-15,23H,16H2,1-2H3,(H,26,31)(H,27,28,30)/t23-/m1/s1. The van der Waals surface area contributed by atoms with E-state index in [2.05, 4.69) is 15.3 Å². The highest BCUT2D eigenvalue weighted by Crippen LogP contribution is 2.23. The first-order valence-corrected chi connectivity index (χ1v) is 10.1. The minimum absolute atomic E-state index is 0.152. The second-order valence-electron chi connectivity index (χ2n) is 7.61. The molecule has 6 nitrogen and oxygen atoms in total. The molecule has 0 radical (unpaired) electrons. The molecule has 4 rings (SSSR count). The van der Waals surface area contributed by atoms with Crippen LogP contribution in [0, 0.1) is 6.92 Å². The van der Waals surface area contributed by atoms with Crippen LogP contribution in [0.2, 0.25) is 0 Å². The summed E-state index contributed by atoms with van der Waals surface area (Å²) in [5, 5.41) is 3.55. The SMILES string of the molecule is Cc1ccc(NC(=O)[C@@H](c2ccccc2)N(C)Cc2nc3ccccc3c(=O)[nH]2)cc1. The van der Waals surface area contributed by atoms with Gasteiger partial charge in [0.1, 0.15) is 11.9 Å². The van der Waals surface area contributed by atoms with Gasteiger partial charge in [0.05, 0.1) is 17.4 Å². The third-order valence-corrected chi connectivity index (χ3v) is 5.18. The molecule has 2 N–H and O–H groups in total. The van der Waals surface area contributed by atoms with E-state index in [1.54, 1.807) is 6.07 Å². The molecular formula is C25H24N4O2. The van der Waals surface area contributed by atoms with Crippen LogP contribution in [-0.4, -0.2) is 27.8 Å². The quantitative estimate of drug-likeness (QED) is 0.501. The fraction of sp³-hybridized carbons (Fsp3) is 0.160. The van der Waals surface area contributed by atoms with Crippen LogP contribution in [0.15, 0.2) is 83.7 Å². The summed E-state index contributed by atoms with van der Waals surface area (Å²) in [6, 6.07) is 23.9. The maximum atomic E-state index is 13.3. The number of aryl methyl sites for hydroxylation is 1. The van der Waals surface area contributed by atoms with Gasteiger partial charge >= 0.3 is 0 Å². The van der Waals surface area contributed by atoms with Crippen molar-refractivity contribution in [2.24, 2.45) is 0 Å². The topological polar surface area (TPSA) is 78.1 Å². The summed E-state index contributed by atoms with van der Waals surface area (Å²) in [5.41, 5.74) is 3.17. The number of aromatic nitrogens is 2. The van der Waals surface area contributed by atoms with Gasteiger partial charge in [-0.25, -0.2) is 4.98 Å². The van der Waals surface area contributed by atoms with E-state index in [1.165, 1.54) is 0 Å². The maximum absolute atomic E-state index is 13.3. The lowest BCUT2D eigenvalue weighted by molar-refractivity contribution is -0.121. The molecule has 31 heavy (non-hydrogen) atoms. The summed E-state index contributed by atoms with van der Waals surface area (Å²) in [4.78, 5) is 35.0. The smallest absolute Gasteiger partial charge is 0.258 e. The number of benzene rings is 3. The van der Waals surface area contributed by atoms with Crippen molar-refractivity contribution in [1.82, 2.24) is 14.9 Å². The van der Waals surface area contributed by atoms with Gasteiger partial charge in [-0.3, -0.25) is 14.5 Å². The molecule has 0 fully saturated rings. The third-order valence-electron chi connectivity index (χ3n) is 5.18. The number of likely N-dealkylation sites (N-methyl/N-ethyl adjacent to an activating group) is 1. The number of para-hydroxylation sites is 1. The third kappa shape index (κ3) is 4.70. The highest BCUT2D eigenvalue weighted by molar-refractivity contribution is 5.95. The average Bonchev–Trinajstić information content (AvgIpc) is 2.76. The summed E-state index contributed by atoms with van der Waals surface area (Å²) < 4.78 is 0. The zero-order valence-corrected chi connectivity index (χ0v) is 17.5. The molecule has 0 aliphatic carbocycles. The number of fused-ring (bicyclic) bond motifs is 1. The Labute approximate surface area is 180 Å². The largest absolute Gasteiger partial charge is 0.324 e. The highest BCUT2D eigenvalue weighted by atomic mass is 16.2. The number of amides is 1. The molecule has 6 heteroatoms. The lowest BCUT2D eigenvalue weighted by Gasteiger charge is -2.27. The Morgan fingerprint density at radius 2 is 1.68 bits per heavy atom. The van der Waals surface area contributed by atoms with Crippen LogP contribution in [0.3, 0.4) is 0 Å². The zero-order chi connectivity index (χ0) is 21.8. The molecule has 4 aromatic rings. The molecule has 1 heterocycles. The number of H-pyrrole nitrogens is 1. The minimum Gasteiger partial charge on any atom is -0.324 e. The fourth-order valence-corrected chi connectivity index (χ4v) is 3.63. The molecule has 0 saturated carbocycles. The number of nitrogens with zero attached hydrogens (tertiary/aromatic N) is 2. The van der Waals surface area contributed by atoms with Crippen molar-refractivity contribution in [2.45, 2.75) is 19.5 Å². The Morgan fingerprint density at radius 3 is 2.42 bits per heavy atom. The van der Waals surface area contributed by atoms with Crippen molar-refractivity contribution in [3.8, 4) is 0 Å². The van der Waals surface area contributed by atoms with Gasteiger partial charge in [-0.15, -0.1) is 0 Å². The van der Waals surface area contributed by atoms with Crippen molar-refractivity contribution in [3.63, 3.8) is 0 Å². The number of nitrogens with one attached hydrogen (secondary N) is 2. The van der Waals surface area contributed by atoms with E-state index in [-0.39, 0.29) is 11.5 Å². The molecular weight excluding hydrogens is 388 g/mol. The van der Waals surface area contributed by atoms with E-state index in [0.717, 1.165) is 16.8 Å². The highest BCUT2D eigenvalue weighted by Gasteiger charge is 2.26. The predicted molar refractivity (Wildman–Crippen MR) is 123 cm³/mol. The van der Waals surface area contributed by atoms with Gasteiger partial charge in [-0.2, -0.15) is 0 Å². The van der Waals surface area contributed by atoms with E-state index < -0.39 is 6.04 Å². The van der Waals surface area contributed by atoms with E-state index in [4.69, 9.17) is 0 Å². The minimum atomic E-state index is -0.556. The van der Waals surface area contributed by atoms with Crippen LogP contribution >= 0.6 is 0 Å². The number of carbonyl (C=O) groups excluding carboxylic acids is 1. The monoisotopic (exact) mass is 412 g/mol. The van der Waals surface area contributed by atoms with Crippen LogP contribution in [0.25, 0.3) is 10.9 Å². The van der Waals surface area contributed by atoms with Crippen LogP contribution < -0.4 is 10.9 Å². The molecule has 0 saturated heterocycles. The van der Waals surface area contributed by atoms with Crippen LogP contribution in [0.1, 0.15) is 23.0 Å². The van der Waals surface area contributed by atoms with Crippen molar-refractivity contribution in [2.75, 3.05) is 12.4 Å². The predicted octanol–water partition coefficient (Wildman–Crippen LogP) is 4.04. The van der Waals surface area contributed by atoms with E-state index in [9.17, 15) is 9.59 Å². The normalized spacial score (nSPS) is 12.1. The molecule has 0 spiro atoms. The average molecular weight is 412 g/mol. The summed E-state index contributed by atoms with van der Waals surface area (Å²) in [5.74, 6) is 0.357. The summed E-state index contributed by atoms with van der Waals surface area (Å²) in [6.07, 6.45) is 0. The van der Waals surface area contributed by atoms with Crippen LogP contribution in [0.5, 0.6) is 0 Å². The molecule has 0 aliphatic rings. The van der Waals surface area contributed by atoms with Crippen molar-refractivity contribution < 1.29 is 4.79 Å². The van der Waals surface area contributed by atoms with Crippen LogP contribution in [-0.2, 0) is 11.3 Å². The summed E-state index contributed by atoms with van der Waals surface area (Å²) in [6.45, 7) is 2.31. The maximum Gasteiger partial charge on any atom is 0.258 e. The van der Waals surface area contributed by atoms with Crippen molar-refractivity contribution in [1.29, 1.82) is 0 Å². The van der Waals surface area contributed by atoms with Gasteiger partial charge in [0.25, 0.3) is 5.56 Å². The Kier molecular flexibility index (Phi) is 5.91. The van der Waals surface area contributed by atoms with Crippen LogP contribution in [0.4, 0.5) is 5.69 Å². The first kappa shape index (κ1) is 20.5. The van der Waals surface area contributed by atoms with Gasteiger partial charge in [-0.05, 0) is 43.8 Å². The number of anilines is 1. The second kappa shape index (κ2) is 8.93. The molecule has 156 valence electrons. The van der Waals surface area contributed by atoms with E-state index >= 15 is 0 Å². The Bertz CT molecular complexity index is 1250. The van der Waals surface area contributed by atoms with Crippen molar-refractivity contribution in [3.05, 3.63) is 106 Å². The molecule has 0 bridgehead atoms. The molecule has 3 aromatic carbocycles. The number of hydrogen-bond acceptors (Lipinski definition) is 4. The Balaban J connectivity index is 1.63. The lowest BCUT2D eigenvalue weighted by Crippen LogP contribution is -2.35. The molecule has 1 amide bonds. The molecule has 1 aromatic heterocycles. The number of rotatable bonds is 6. The van der Waals surface area contributed by atoms with Gasteiger partial charge in [0, 0.05) is 5.69 Å². The zero-order valence-electron chi connectivity index (χ0n) is 17.5. The Hall–Kier alpha value is -3.77. The van der Waals surface area contributed by atoms with Crippen molar-refractivity contribution >= 4 is 22.5 Å². The van der Waals surface area contributed by atoms with Gasteiger partial charge in [0.2, 0.25) is 5.91 Å². The fourth-order valence-electron chi connectivity index (χ4n) is 3.63. The van der Waals surface area contributed by atoms with E-state index in [0.29, 0.717) is 23.3 Å². The number of aromatic amines is 1. The van der Waals surface area contributed by atoms with Gasteiger partial charge < -0.3 is 10.3 Å². The summed E-state index contributed by atoms with van der Waals surface area (Å²) in [7, 11) is 1.85. The number of hydrogen-bond donors (Lipinski definition) is 2. The first-order valence-electron chi connectivity index (χ1n) is 10.1. The Morgan fingerprint density at radius 1 is 1.00 bits per heavy atom. The van der Waals surface area contributed by atoms with Gasteiger partial charge in [0.15, 0.2) is 0 Å². The summed E-state index contributed by atoms with van der Waals surface area (Å²) >= 11 is 0. The van der Waals surface area contributed by atoms with Gasteiger partial charge in [-0.1, -0.05) is 60.2 Å². The second-order valence-corrected chi connectivity index (χ2v) is 7.61. The molecule has 0 aliphatic heterocycles. The van der Waals surface area contributed by atoms with E-state index in [1.807, 2.05) is 91.7 Å². The molecule has 1 atom stereocenters. The number of carbonyl (C=O) groups is 1. The first-order chi connectivity index (χ1) is 15.0. The molecule has 0 unspecified atom stereocenters.